The quantitative estimate of drug-likeness (QED) is 0.215. The molecule has 0 unspecified atom stereocenters. The Bertz CT molecular complexity index is 1590. The number of likely N-dealkylation sites (tertiary alicyclic amines) is 1. The fourth-order valence-electron chi connectivity index (χ4n) is 5.87. The number of alkyl halides is 2. The van der Waals surface area contributed by atoms with E-state index in [4.69, 9.17) is 16.0 Å². The number of fused-ring (bicyclic) bond motifs is 1. The minimum Gasteiger partial charge on any atom is -0.413 e. The second kappa shape index (κ2) is 11.1. The highest BCUT2D eigenvalue weighted by Gasteiger charge is 2.52. The smallest absolute Gasteiger partial charge is 0.413 e. The average Bonchev–Trinajstić information content (AvgIpc) is 3.22. The molecule has 0 N–H and O–H groups in total. The van der Waals surface area contributed by atoms with E-state index in [1.54, 1.807) is 18.3 Å². The van der Waals surface area contributed by atoms with Gasteiger partial charge in [0.25, 0.3) is 0 Å². The molecule has 1 aromatic heterocycles. The molecule has 0 bridgehead atoms. The monoisotopic (exact) mass is 664 g/mol. The van der Waals surface area contributed by atoms with Gasteiger partial charge in [-0.05, 0) is 72.8 Å². The van der Waals surface area contributed by atoms with Gasteiger partial charge < -0.3 is 13.9 Å². The van der Waals surface area contributed by atoms with Gasteiger partial charge in [-0.15, -0.1) is 20.1 Å². The number of hydrogen-bond acceptors (Lipinski definition) is 7. The zero-order valence-corrected chi connectivity index (χ0v) is 28.0. The number of nitrogens with zero attached hydrogens (tertiary/aromatic N) is 2. The van der Waals surface area contributed by atoms with Gasteiger partial charge in [-0.25, -0.2) is 9.37 Å². The van der Waals surface area contributed by atoms with E-state index in [0.717, 1.165) is 23.4 Å². The van der Waals surface area contributed by atoms with Crippen molar-refractivity contribution in [2.24, 2.45) is 0 Å². The predicted octanol–water partition coefficient (Wildman–Crippen LogP) is 8.29. The summed E-state index contributed by atoms with van der Waals surface area (Å²) in [6, 6.07) is 8.75. The molecule has 236 valence electrons. The van der Waals surface area contributed by atoms with E-state index in [1.165, 1.54) is 35.6 Å². The van der Waals surface area contributed by atoms with Crippen LogP contribution >= 0.6 is 22.9 Å². The molecular weight excluding hydrogens is 629 g/mol. The van der Waals surface area contributed by atoms with Gasteiger partial charge in [0.05, 0.1) is 24.0 Å². The summed E-state index contributed by atoms with van der Waals surface area (Å²) in [7, 11) is -1.98. The number of Topliss-reactive ketones (excluding diaryl/α,β-unsaturated/α-hetero) is 1. The van der Waals surface area contributed by atoms with Crippen molar-refractivity contribution in [1.29, 1.82) is 0 Å². The summed E-state index contributed by atoms with van der Waals surface area (Å²) in [5.41, 5.74) is 0.656. The van der Waals surface area contributed by atoms with Gasteiger partial charge in [-0.1, -0.05) is 44.5 Å². The lowest BCUT2D eigenvalue weighted by Gasteiger charge is -2.38. The Labute approximate surface area is 265 Å². The number of carbonyl (C=O) groups excluding carboxylic acids is 1. The van der Waals surface area contributed by atoms with Gasteiger partial charge >= 0.3 is 6.29 Å². The third kappa shape index (κ3) is 6.05. The minimum atomic E-state index is -3.71. The molecule has 3 heterocycles. The fraction of sp³-hybridized carbons (Fsp3) is 0.500. The fourth-order valence-corrected chi connectivity index (χ4v) is 8.59. The molecule has 3 aliphatic rings. The number of aromatic nitrogens is 1. The van der Waals surface area contributed by atoms with Gasteiger partial charge in [0, 0.05) is 29.2 Å². The Morgan fingerprint density at radius 1 is 1.18 bits per heavy atom. The summed E-state index contributed by atoms with van der Waals surface area (Å²) in [5.74, 6) is -0.542. The Kier molecular flexibility index (Phi) is 7.97. The maximum Gasteiger partial charge on any atom is 0.586 e. The van der Waals surface area contributed by atoms with Crippen LogP contribution in [-0.2, 0) is 21.1 Å². The van der Waals surface area contributed by atoms with Crippen LogP contribution in [0.25, 0.3) is 0 Å². The van der Waals surface area contributed by atoms with Crippen molar-refractivity contribution in [2.45, 2.75) is 88.4 Å². The molecule has 2 atom stereocenters. The summed E-state index contributed by atoms with van der Waals surface area (Å²) in [4.78, 5) is 21.5. The Morgan fingerprint density at radius 2 is 1.91 bits per heavy atom. The molecule has 2 aliphatic heterocycles. The summed E-state index contributed by atoms with van der Waals surface area (Å²) < 4.78 is 57.0. The highest BCUT2D eigenvalue weighted by molar-refractivity contribution is 7.11. The van der Waals surface area contributed by atoms with Gasteiger partial charge in [-0.3, -0.25) is 9.69 Å². The Hall–Kier alpha value is -2.44. The van der Waals surface area contributed by atoms with Crippen molar-refractivity contribution in [2.75, 3.05) is 13.1 Å². The maximum absolute atomic E-state index is 14.1. The first-order valence-corrected chi connectivity index (χ1v) is 18.9. The number of rotatable bonds is 9. The average molecular weight is 665 g/mol. The van der Waals surface area contributed by atoms with Crippen molar-refractivity contribution in [3.8, 4) is 11.5 Å². The van der Waals surface area contributed by atoms with Crippen molar-refractivity contribution >= 4 is 37.0 Å². The van der Waals surface area contributed by atoms with Gasteiger partial charge in [0.2, 0.25) is 0 Å². The van der Waals surface area contributed by atoms with Crippen LogP contribution in [0.1, 0.15) is 67.1 Å². The normalized spacial score (nSPS) is 21.4. The third-order valence-corrected chi connectivity index (χ3v) is 15.4. The van der Waals surface area contributed by atoms with Crippen LogP contribution in [0.2, 0.25) is 23.2 Å². The van der Waals surface area contributed by atoms with Crippen LogP contribution in [0.15, 0.2) is 42.6 Å². The lowest BCUT2D eigenvalue weighted by atomic mass is 9.89. The van der Waals surface area contributed by atoms with E-state index in [2.05, 4.69) is 53.2 Å². The van der Waals surface area contributed by atoms with Gasteiger partial charge in [0.15, 0.2) is 19.8 Å². The van der Waals surface area contributed by atoms with Crippen LogP contribution in [-0.4, -0.2) is 49.5 Å². The first kappa shape index (κ1) is 31.5. The number of benzene rings is 2. The molecule has 0 amide bonds. The summed E-state index contributed by atoms with van der Waals surface area (Å²) in [5, 5.41) is 1.07. The first-order valence-electron chi connectivity index (χ1n) is 14.8. The molecule has 44 heavy (non-hydrogen) atoms. The second-order valence-corrected chi connectivity index (χ2v) is 19.8. The molecule has 12 heteroatoms. The highest BCUT2D eigenvalue weighted by atomic mass is 35.5. The van der Waals surface area contributed by atoms with Crippen LogP contribution in [0.3, 0.4) is 0 Å². The van der Waals surface area contributed by atoms with Gasteiger partial charge in [-0.2, -0.15) is 0 Å². The van der Waals surface area contributed by atoms with E-state index < -0.39 is 25.8 Å². The SMILES string of the molecule is CC(C)(C)[Si](C)(C)O[C@@H]1CCN([C@@H](c2cnc(CC(=O)C3(c4ccc5c(c4)OC(F)(F)O5)CC3)s2)c2ccc(F)cc2Cl)C1. The van der Waals surface area contributed by atoms with E-state index in [-0.39, 0.29) is 40.9 Å². The predicted molar refractivity (Wildman–Crippen MR) is 166 cm³/mol. The zero-order valence-electron chi connectivity index (χ0n) is 25.4. The Balaban J connectivity index is 1.22. The number of hydrogen-bond donors (Lipinski definition) is 0. The molecule has 1 aliphatic carbocycles. The van der Waals surface area contributed by atoms with Crippen molar-refractivity contribution in [1.82, 2.24) is 9.88 Å². The van der Waals surface area contributed by atoms with Crippen LogP contribution in [0, 0.1) is 5.82 Å². The highest BCUT2D eigenvalue weighted by Crippen LogP contribution is 2.53. The molecule has 1 saturated heterocycles. The van der Waals surface area contributed by atoms with E-state index in [1.807, 2.05) is 0 Å². The van der Waals surface area contributed by atoms with Crippen LogP contribution in [0.5, 0.6) is 11.5 Å². The molecule has 6 rings (SSSR count). The molecule has 2 fully saturated rings. The van der Waals surface area contributed by atoms with E-state index >= 15 is 0 Å². The topological polar surface area (TPSA) is 60.9 Å². The number of halogens is 4. The van der Waals surface area contributed by atoms with E-state index in [9.17, 15) is 18.0 Å². The summed E-state index contributed by atoms with van der Waals surface area (Å²) in [6.07, 6.45) is 0.362. The molecule has 0 radical (unpaired) electrons. The Morgan fingerprint density at radius 3 is 2.59 bits per heavy atom. The number of thiazole rings is 1. The van der Waals surface area contributed by atoms with Crippen molar-refractivity contribution < 1.29 is 31.9 Å². The van der Waals surface area contributed by atoms with Crippen LogP contribution in [0.4, 0.5) is 13.2 Å². The second-order valence-electron chi connectivity index (χ2n) is 13.5. The molecule has 0 spiro atoms. The minimum absolute atomic E-state index is 0.0237. The molecule has 1 saturated carbocycles. The zero-order chi connectivity index (χ0) is 31.7. The van der Waals surface area contributed by atoms with Gasteiger partial charge in [0.1, 0.15) is 16.6 Å². The van der Waals surface area contributed by atoms with E-state index in [0.29, 0.717) is 35.0 Å². The summed E-state index contributed by atoms with van der Waals surface area (Å²) in [6.45, 7) is 12.7. The molecule has 3 aromatic rings. The lowest BCUT2D eigenvalue weighted by molar-refractivity contribution is -0.286. The van der Waals surface area contributed by atoms with Crippen molar-refractivity contribution in [3.05, 3.63) is 74.4 Å². The number of carbonyl (C=O) groups is 1. The maximum atomic E-state index is 14.1. The molecular formula is C32H36ClF3N2O4SSi. The van der Waals surface area contributed by atoms with Crippen LogP contribution < -0.4 is 9.47 Å². The first-order chi connectivity index (χ1) is 20.6. The largest absolute Gasteiger partial charge is 0.586 e. The standard InChI is InChI=1S/C32H36ClF3N2O4SSi/c1-30(2,3)44(4,5)42-21-10-13-38(18-21)29(22-8-7-20(34)15-23(22)33)26-17-37-28(43-26)16-27(39)31(11-12-31)19-6-9-24-25(14-19)41-32(35,36)40-24/h6-9,14-15,17,21,29H,10-13,16,18H2,1-5H3/t21-,29-/m1/s1. The summed E-state index contributed by atoms with van der Waals surface area (Å²) >= 11 is 8.05. The lowest BCUT2D eigenvalue weighted by Crippen LogP contribution is -2.44. The molecule has 6 nitrogen and oxygen atoms in total. The number of ketones is 1. The third-order valence-electron chi connectivity index (χ3n) is 9.46. The van der Waals surface area contributed by atoms with Crippen molar-refractivity contribution in [3.63, 3.8) is 0 Å². The molecule has 2 aromatic carbocycles. The number of ether oxygens (including phenoxy) is 2.